The predicted octanol–water partition coefficient (Wildman–Crippen LogP) is 1.74. The van der Waals surface area contributed by atoms with Crippen LogP contribution in [-0.2, 0) is 28.1 Å². The lowest BCUT2D eigenvalue weighted by Crippen LogP contribution is -2.36. The molecule has 1 aromatic carbocycles. The van der Waals surface area contributed by atoms with Crippen LogP contribution in [-0.4, -0.2) is 38.1 Å². The summed E-state index contributed by atoms with van der Waals surface area (Å²) in [6, 6.07) is 7.68. The number of carbonyl (C=O) groups is 2. The molecule has 0 saturated heterocycles. The van der Waals surface area contributed by atoms with Crippen molar-refractivity contribution in [1.29, 1.82) is 0 Å². The first-order valence-electron chi connectivity index (χ1n) is 8.31. The average Bonchev–Trinajstić information content (AvgIpc) is 2.98. The van der Waals surface area contributed by atoms with E-state index >= 15 is 0 Å². The molecule has 1 unspecified atom stereocenters. The smallest absolute Gasteiger partial charge is 0.325 e. The maximum absolute atomic E-state index is 12.2. The molecule has 0 spiro atoms. The van der Waals surface area contributed by atoms with Crippen LogP contribution in [0.3, 0.4) is 0 Å². The summed E-state index contributed by atoms with van der Waals surface area (Å²) in [7, 11) is 0. The van der Waals surface area contributed by atoms with Crippen molar-refractivity contribution >= 4 is 11.9 Å². The normalized spacial score (nSPS) is 12.5. The van der Waals surface area contributed by atoms with Gasteiger partial charge in [0, 0.05) is 0 Å². The van der Waals surface area contributed by atoms with Crippen molar-refractivity contribution < 1.29 is 19.4 Å². The van der Waals surface area contributed by atoms with Gasteiger partial charge in [-0.05, 0) is 30.0 Å². The van der Waals surface area contributed by atoms with Crippen molar-refractivity contribution in [3.63, 3.8) is 0 Å². The van der Waals surface area contributed by atoms with E-state index in [9.17, 15) is 9.59 Å². The molecule has 2 N–H and O–H groups in total. The number of carboxylic acids is 1. The quantitative estimate of drug-likeness (QED) is 0.779. The summed E-state index contributed by atoms with van der Waals surface area (Å²) in [6.45, 7) is 7.87. The fourth-order valence-electron chi connectivity index (χ4n) is 2.25. The van der Waals surface area contributed by atoms with Gasteiger partial charge in [0.05, 0.1) is 12.7 Å². The van der Waals surface area contributed by atoms with Gasteiger partial charge in [-0.3, -0.25) is 9.59 Å². The third-order valence-corrected chi connectivity index (χ3v) is 3.71. The molecule has 0 fully saturated rings. The first-order valence-corrected chi connectivity index (χ1v) is 8.31. The highest BCUT2D eigenvalue weighted by Gasteiger charge is 2.18. The number of amides is 1. The number of benzene rings is 1. The maximum Gasteiger partial charge on any atom is 0.325 e. The van der Waals surface area contributed by atoms with Gasteiger partial charge < -0.3 is 15.2 Å². The molecule has 8 nitrogen and oxygen atoms in total. The molecule has 0 aliphatic rings. The second-order valence-corrected chi connectivity index (χ2v) is 7.06. The molecule has 140 valence electrons. The molecule has 8 heteroatoms. The van der Waals surface area contributed by atoms with E-state index in [-0.39, 0.29) is 24.4 Å². The lowest BCUT2D eigenvalue weighted by atomic mass is 9.87. The Hall–Kier alpha value is -2.90. The van der Waals surface area contributed by atoms with Crippen LogP contribution in [0.1, 0.15) is 39.0 Å². The number of carbonyl (C=O) groups excluding carboxylic acids is 1. The summed E-state index contributed by atoms with van der Waals surface area (Å²) >= 11 is 0. The number of nitrogens with one attached hydrogen (secondary N) is 1. The molecule has 1 atom stereocenters. The van der Waals surface area contributed by atoms with Crippen LogP contribution in [0.4, 0.5) is 0 Å². The molecule has 1 aromatic heterocycles. The van der Waals surface area contributed by atoms with Crippen molar-refractivity contribution in [1.82, 2.24) is 20.3 Å². The zero-order valence-electron chi connectivity index (χ0n) is 15.4. The highest BCUT2D eigenvalue weighted by Crippen LogP contribution is 2.26. The molecule has 0 bridgehead atoms. The van der Waals surface area contributed by atoms with Crippen molar-refractivity contribution in [2.75, 3.05) is 0 Å². The summed E-state index contributed by atoms with van der Waals surface area (Å²) in [5, 5.41) is 18.9. The van der Waals surface area contributed by atoms with E-state index in [4.69, 9.17) is 9.84 Å². The van der Waals surface area contributed by atoms with Gasteiger partial charge in [0.1, 0.15) is 18.0 Å². The van der Waals surface area contributed by atoms with Gasteiger partial charge in [-0.25, -0.2) is 4.68 Å². The molecule has 2 aromatic rings. The lowest BCUT2D eigenvalue weighted by Gasteiger charge is -2.21. The van der Waals surface area contributed by atoms with E-state index in [1.54, 1.807) is 6.92 Å². The number of nitrogens with zero attached hydrogens (tertiary/aromatic N) is 3. The molecule has 0 saturated carbocycles. The van der Waals surface area contributed by atoms with Gasteiger partial charge in [0.25, 0.3) is 5.91 Å². The topological polar surface area (TPSA) is 106 Å². The van der Waals surface area contributed by atoms with E-state index in [1.165, 1.54) is 10.9 Å². The van der Waals surface area contributed by atoms with Crippen molar-refractivity contribution in [3.05, 3.63) is 41.7 Å². The predicted molar refractivity (Wildman–Crippen MR) is 94.7 cm³/mol. The molecule has 1 amide bonds. The first-order chi connectivity index (χ1) is 12.1. The third-order valence-electron chi connectivity index (χ3n) is 3.71. The maximum atomic E-state index is 12.2. The summed E-state index contributed by atoms with van der Waals surface area (Å²) < 4.78 is 6.92. The van der Waals surface area contributed by atoms with Crippen LogP contribution in [0.5, 0.6) is 5.75 Å². The Kier molecular flexibility index (Phi) is 5.97. The van der Waals surface area contributed by atoms with E-state index in [0.29, 0.717) is 11.4 Å². The second-order valence-electron chi connectivity index (χ2n) is 7.06. The highest BCUT2D eigenvalue weighted by molar-refractivity contribution is 5.80. The highest BCUT2D eigenvalue weighted by atomic mass is 16.5. The monoisotopic (exact) mass is 360 g/mol. The largest absolute Gasteiger partial charge is 0.481 e. The summed E-state index contributed by atoms with van der Waals surface area (Å²) in [6.07, 6.45) is 0.798. The summed E-state index contributed by atoms with van der Waals surface area (Å²) in [5.74, 6) is -0.670. The van der Waals surface area contributed by atoms with E-state index < -0.39 is 12.1 Å². The second kappa shape index (κ2) is 7.99. The Balaban J connectivity index is 1.89. The number of hydrogen-bond acceptors (Lipinski definition) is 5. The standard InChI is InChI=1S/C18H24N4O4/c1-12(26-15-7-5-6-13(8-15)18(2,3)4)17(25)19-9-14-10-22(21-20-14)11-16(23)24/h5-8,10,12H,9,11H2,1-4H3,(H,19,25)(H,23,24). The van der Waals surface area contributed by atoms with Crippen molar-refractivity contribution in [3.8, 4) is 5.75 Å². The molecular formula is C18H24N4O4. The Morgan fingerprint density at radius 1 is 1.35 bits per heavy atom. The minimum Gasteiger partial charge on any atom is -0.481 e. The molecule has 0 aliphatic carbocycles. The third kappa shape index (κ3) is 5.58. The Bertz CT molecular complexity index is 779. The van der Waals surface area contributed by atoms with Crippen LogP contribution in [0.2, 0.25) is 0 Å². The Labute approximate surface area is 152 Å². The summed E-state index contributed by atoms with van der Waals surface area (Å²) in [4.78, 5) is 22.8. The van der Waals surface area contributed by atoms with E-state index in [2.05, 4.69) is 36.4 Å². The molecule has 1 heterocycles. The van der Waals surface area contributed by atoms with Gasteiger partial charge in [0.15, 0.2) is 6.10 Å². The lowest BCUT2D eigenvalue weighted by molar-refractivity contribution is -0.138. The molecule has 0 radical (unpaired) electrons. The van der Waals surface area contributed by atoms with Crippen LogP contribution >= 0.6 is 0 Å². The SMILES string of the molecule is CC(Oc1cccc(C(C)(C)C)c1)C(=O)NCc1cn(CC(=O)O)nn1. The summed E-state index contributed by atoms with van der Waals surface area (Å²) in [5.41, 5.74) is 1.59. The number of aromatic nitrogens is 3. The minimum absolute atomic E-state index is 0.00730. The van der Waals surface area contributed by atoms with Gasteiger partial charge in [-0.2, -0.15) is 0 Å². The number of aliphatic carboxylic acids is 1. The van der Waals surface area contributed by atoms with Gasteiger partial charge in [-0.15, -0.1) is 5.10 Å². The fraction of sp³-hybridized carbons (Fsp3) is 0.444. The number of rotatable bonds is 7. The molecular weight excluding hydrogens is 336 g/mol. The van der Waals surface area contributed by atoms with Gasteiger partial charge in [-0.1, -0.05) is 38.1 Å². The Morgan fingerprint density at radius 3 is 2.73 bits per heavy atom. The Morgan fingerprint density at radius 2 is 2.08 bits per heavy atom. The minimum atomic E-state index is -1.01. The van der Waals surface area contributed by atoms with Crippen LogP contribution in [0.25, 0.3) is 0 Å². The number of hydrogen-bond donors (Lipinski definition) is 2. The number of carboxylic acid groups (broad SMARTS) is 1. The fourth-order valence-corrected chi connectivity index (χ4v) is 2.25. The van der Waals surface area contributed by atoms with Crippen molar-refractivity contribution in [2.24, 2.45) is 0 Å². The van der Waals surface area contributed by atoms with Crippen LogP contribution in [0.15, 0.2) is 30.5 Å². The molecule has 0 aliphatic heterocycles. The zero-order valence-corrected chi connectivity index (χ0v) is 15.4. The van der Waals surface area contributed by atoms with Gasteiger partial charge >= 0.3 is 5.97 Å². The van der Waals surface area contributed by atoms with E-state index in [0.717, 1.165) is 5.56 Å². The first kappa shape index (κ1) is 19.4. The zero-order chi connectivity index (χ0) is 19.3. The molecule has 2 rings (SSSR count). The van der Waals surface area contributed by atoms with Gasteiger partial charge in [0.2, 0.25) is 0 Å². The molecule has 26 heavy (non-hydrogen) atoms. The average molecular weight is 360 g/mol. The van der Waals surface area contributed by atoms with E-state index in [1.807, 2.05) is 24.3 Å². The van der Waals surface area contributed by atoms with Crippen molar-refractivity contribution in [2.45, 2.75) is 52.3 Å². The van der Waals surface area contributed by atoms with Crippen LogP contribution < -0.4 is 10.1 Å². The number of ether oxygens (including phenoxy) is 1. The van der Waals surface area contributed by atoms with Crippen LogP contribution in [0, 0.1) is 0 Å².